The van der Waals surface area contributed by atoms with Gasteiger partial charge in [-0.05, 0) is 13.8 Å². The Hall–Kier alpha value is -3.73. The van der Waals surface area contributed by atoms with Gasteiger partial charge in [0.05, 0.1) is 5.37 Å². The van der Waals surface area contributed by atoms with Gasteiger partial charge >= 0.3 is 11.9 Å². The number of rotatable bonds is 11. The maximum atomic E-state index is 13.2. The molecule has 16 heteroatoms. The molecule has 0 aliphatic carbocycles. The van der Waals surface area contributed by atoms with E-state index in [2.05, 4.69) is 20.8 Å². The number of nitrogens with two attached hydrogens (primary N) is 1. The number of pyridine rings is 1. The Labute approximate surface area is 224 Å². The number of hydrogen-bond acceptors (Lipinski definition) is 12. The molecule has 0 bridgehead atoms. The van der Waals surface area contributed by atoms with Gasteiger partial charge in [-0.25, -0.2) is 19.1 Å². The number of carbonyl (C=O) groups excluding carboxylic acids is 1. The van der Waals surface area contributed by atoms with Crippen LogP contribution >= 0.6 is 23.1 Å². The van der Waals surface area contributed by atoms with Crippen molar-refractivity contribution in [1.82, 2.24) is 15.6 Å². The quantitative estimate of drug-likeness (QED) is 0.0759. The van der Waals surface area contributed by atoms with Crippen LogP contribution in [0.1, 0.15) is 19.5 Å². The summed E-state index contributed by atoms with van der Waals surface area (Å²) >= 11 is 2.15. The number of aliphatic carboxylic acids is 2. The van der Waals surface area contributed by atoms with Gasteiger partial charge in [-0.3, -0.25) is 4.79 Å². The highest BCUT2D eigenvalue weighted by molar-refractivity contribution is 8.00. The summed E-state index contributed by atoms with van der Waals surface area (Å²) in [6.45, 7) is 2.72. The van der Waals surface area contributed by atoms with E-state index in [1.54, 1.807) is 29.1 Å². The molecule has 0 fully saturated rings. The van der Waals surface area contributed by atoms with Crippen molar-refractivity contribution in [3.63, 3.8) is 0 Å². The van der Waals surface area contributed by atoms with E-state index in [-0.39, 0.29) is 28.8 Å². The van der Waals surface area contributed by atoms with Gasteiger partial charge < -0.3 is 41.6 Å². The smallest absolute Gasteiger partial charge is 0.352 e. The van der Waals surface area contributed by atoms with Crippen LogP contribution in [0.2, 0.25) is 0 Å². The molecule has 8 N–H and O–H groups in total. The topological polar surface area (TPSA) is 221 Å². The lowest BCUT2D eigenvalue weighted by atomic mass is 10.1. The second-order valence-corrected chi connectivity index (χ2v) is 10.6. The predicted octanol–water partition coefficient (Wildman–Crippen LogP) is -0.906. The highest BCUT2D eigenvalue weighted by Crippen LogP contribution is 2.26. The zero-order chi connectivity index (χ0) is 28.0. The summed E-state index contributed by atoms with van der Waals surface area (Å²) in [6.07, 6.45) is 1.45. The van der Waals surface area contributed by atoms with E-state index in [1.165, 1.54) is 19.2 Å². The second-order valence-electron chi connectivity index (χ2n) is 8.54. The van der Waals surface area contributed by atoms with Crippen molar-refractivity contribution in [2.75, 3.05) is 11.5 Å². The summed E-state index contributed by atoms with van der Waals surface area (Å²) in [7, 11) is 0. The highest BCUT2D eigenvalue weighted by Gasteiger charge is 2.37. The Morgan fingerprint density at radius 1 is 1.29 bits per heavy atom. The molecule has 2 aromatic heterocycles. The minimum atomic E-state index is -2.11. The van der Waals surface area contributed by atoms with E-state index in [4.69, 9.17) is 10.6 Å². The monoisotopic (exact) mass is 567 g/mol. The lowest BCUT2D eigenvalue weighted by Gasteiger charge is -2.33. The molecule has 0 unspecified atom stereocenters. The average Bonchev–Trinajstić information content (AvgIpc) is 3.29. The molecule has 0 radical (unpaired) electrons. The van der Waals surface area contributed by atoms with Crippen molar-refractivity contribution in [2.45, 2.75) is 43.7 Å². The zero-order valence-corrected chi connectivity index (χ0v) is 21.9. The van der Waals surface area contributed by atoms with E-state index < -0.39 is 46.9 Å². The van der Waals surface area contributed by atoms with E-state index in [1.807, 2.05) is 6.07 Å². The van der Waals surface area contributed by atoms with Crippen LogP contribution in [0.3, 0.4) is 0 Å². The largest absolute Gasteiger partial charge is 0.478 e. The molecule has 0 saturated carbocycles. The number of carbonyl (C=O) groups is 3. The number of aliphatic hydroxyl groups is 2. The maximum Gasteiger partial charge on any atom is 0.352 e. The third kappa shape index (κ3) is 7.18. The first-order valence-corrected chi connectivity index (χ1v) is 13.0. The Bertz CT molecular complexity index is 1250. The van der Waals surface area contributed by atoms with Crippen molar-refractivity contribution in [2.24, 2.45) is 5.16 Å². The molecule has 2 atom stereocenters. The van der Waals surface area contributed by atoms with Crippen LogP contribution in [-0.4, -0.2) is 78.0 Å². The molecule has 2 aromatic rings. The van der Waals surface area contributed by atoms with Crippen LogP contribution in [0, 0.1) is 0 Å². The van der Waals surface area contributed by atoms with E-state index >= 15 is 0 Å². The standard InChI is InChI=1S/C22H26N6O8S2/c1-22(2,20(34)35)36-27-14(12-10-38-21(23)24-12)16(29)25-15(19(32)33)17-26-13(18(30)31)11(9-37-17)8-28-6-4-3-5-7-28/h3-7,10,15,17,19,26,32-33H,8-9H2,1-2H3,(H4-,23,24,25,29,30,31,34,35)/p+1/b27-14-/t15-,17+/m0/s1. The summed E-state index contributed by atoms with van der Waals surface area (Å²) in [5.41, 5.74) is 3.79. The maximum absolute atomic E-state index is 13.2. The number of hydrogen-bond donors (Lipinski definition) is 7. The van der Waals surface area contributed by atoms with Crippen molar-refractivity contribution in [3.05, 3.63) is 52.9 Å². The molecule has 204 valence electrons. The molecular formula is C22H27N6O8S2+. The third-order valence-electron chi connectivity index (χ3n) is 5.25. The van der Waals surface area contributed by atoms with Gasteiger partial charge in [-0.1, -0.05) is 11.2 Å². The minimum absolute atomic E-state index is 0.0325. The zero-order valence-electron chi connectivity index (χ0n) is 20.3. The molecule has 0 spiro atoms. The molecular weight excluding hydrogens is 540 g/mol. The molecule has 0 aromatic carbocycles. The van der Waals surface area contributed by atoms with Crippen LogP contribution in [0.15, 0.2) is 52.4 Å². The second kappa shape index (κ2) is 12.2. The molecule has 0 saturated heterocycles. The van der Waals surface area contributed by atoms with Gasteiger partial charge in [0, 0.05) is 28.8 Å². The Kier molecular flexibility index (Phi) is 9.26. The summed E-state index contributed by atoms with van der Waals surface area (Å²) < 4.78 is 1.79. The summed E-state index contributed by atoms with van der Waals surface area (Å²) in [6, 6.07) is 4.02. The van der Waals surface area contributed by atoms with E-state index in [9.17, 15) is 34.8 Å². The van der Waals surface area contributed by atoms with Gasteiger partial charge in [0.25, 0.3) is 5.91 Å². The first-order valence-electron chi connectivity index (χ1n) is 11.0. The first-order chi connectivity index (χ1) is 17.9. The van der Waals surface area contributed by atoms with E-state index in [0.717, 1.165) is 23.1 Å². The fourth-order valence-corrected chi connectivity index (χ4v) is 4.95. The van der Waals surface area contributed by atoms with Gasteiger partial charge in [-0.15, -0.1) is 23.1 Å². The van der Waals surface area contributed by atoms with Gasteiger partial charge in [-0.2, -0.15) is 0 Å². The number of oxime groups is 1. The van der Waals surface area contributed by atoms with Crippen LogP contribution in [0.4, 0.5) is 5.13 Å². The third-order valence-corrected chi connectivity index (χ3v) is 7.21. The van der Waals surface area contributed by atoms with Crippen LogP contribution in [-0.2, 0) is 25.8 Å². The fraction of sp³-hybridized carbons (Fsp3) is 0.364. The van der Waals surface area contributed by atoms with E-state index in [0.29, 0.717) is 5.57 Å². The van der Waals surface area contributed by atoms with Crippen molar-refractivity contribution < 1.29 is 44.2 Å². The molecule has 1 aliphatic rings. The number of aliphatic hydroxyl groups excluding tert-OH is 1. The normalized spacial score (nSPS) is 17.1. The number of nitrogen functional groups attached to an aromatic ring is 1. The average molecular weight is 568 g/mol. The fourth-order valence-electron chi connectivity index (χ4n) is 3.17. The lowest BCUT2D eigenvalue weighted by molar-refractivity contribution is -0.689. The lowest BCUT2D eigenvalue weighted by Crippen LogP contribution is -2.57. The number of carboxylic acids is 2. The number of amides is 1. The van der Waals surface area contributed by atoms with Gasteiger partial charge in [0.2, 0.25) is 5.60 Å². The molecule has 1 aliphatic heterocycles. The number of nitrogens with zero attached hydrogens (tertiary/aromatic N) is 3. The van der Waals surface area contributed by atoms with Gasteiger partial charge in [0.15, 0.2) is 36.1 Å². The van der Waals surface area contributed by atoms with Gasteiger partial charge in [0.1, 0.15) is 17.4 Å². The predicted molar refractivity (Wildman–Crippen MR) is 137 cm³/mol. The molecule has 1 amide bonds. The van der Waals surface area contributed by atoms with Crippen molar-refractivity contribution in [3.8, 4) is 0 Å². The molecule has 3 rings (SSSR count). The number of nitrogens with one attached hydrogen (secondary N) is 2. The number of thiazole rings is 1. The first kappa shape index (κ1) is 28.8. The minimum Gasteiger partial charge on any atom is -0.478 e. The van der Waals surface area contributed by atoms with Crippen molar-refractivity contribution >= 4 is 51.8 Å². The molecule has 3 heterocycles. The number of aromatic nitrogens is 2. The van der Waals surface area contributed by atoms with Crippen LogP contribution < -0.4 is 20.9 Å². The Balaban J connectivity index is 1.85. The molecule has 14 nitrogen and oxygen atoms in total. The Morgan fingerprint density at radius 3 is 2.53 bits per heavy atom. The van der Waals surface area contributed by atoms with Crippen LogP contribution in [0.5, 0.6) is 0 Å². The highest BCUT2D eigenvalue weighted by atomic mass is 32.2. The SMILES string of the molecule is CC(C)(O/N=C(\C(=O)N[C@H](C(O)O)[C@@H]1NC(C(=O)O)=C(C[n+]2ccccc2)CS1)c1csc(N)n1)C(=O)O. The number of anilines is 1. The van der Waals surface area contributed by atoms with Crippen LogP contribution in [0.25, 0.3) is 0 Å². The number of thioether (sulfide) groups is 1. The number of carboxylic acid groups (broad SMARTS) is 2. The van der Waals surface area contributed by atoms with Crippen molar-refractivity contribution in [1.29, 1.82) is 0 Å². The summed E-state index contributed by atoms with van der Waals surface area (Å²) in [5.74, 6) is -3.35. The molecule has 38 heavy (non-hydrogen) atoms. The Morgan fingerprint density at radius 2 is 1.97 bits per heavy atom. The summed E-state index contributed by atoms with van der Waals surface area (Å²) in [4.78, 5) is 45.6. The summed E-state index contributed by atoms with van der Waals surface area (Å²) in [5, 5.41) is 48.6.